The van der Waals surface area contributed by atoms with Crippen molar-refractivity contribution in [2.24, 2.45) is 5.92 Å². The summed E-state index contributed by atoms with van der Waals surface area (Å²) in [5, 5.41) is 16.7. The summed E-state index contributed by atoms with van der Waals surface area (Å²) in [4.78, 5) is 0. The highest BCUT2D eigenvalue weighted by Crippen LogP contribution is 2.29. The molecular weight excluding hydrogens is 300 g/mol. The largest absolute Gasteiger partial charge is 0.439 e. The van der Waals surface area contributed by atoms with Crippen LogP contribution in [0.2, 0.25) is 0 Å². The third kappa shape index (κ3) is 4.15. The molecule has 0 atom stereocenters. The van der Waals surface area contributed by atoms with Crippen LogP contribution in [-0.2, 0) is 13.1 Å². The summed E-state index contributed by atoms with van der Waals surface area (Å²) in [6, 6.07) is 11.3. The average molecular weight is 324 g/mol. The van der Waals surface area contributed by atoms with Crippen LogP contribution < -0.4 is 10.1 Å². The van der Waals surface area contributed by atoms with Gasteiger partial charge < -0.3 is 10.1 Å². The normalized spacial score (nSPS) is 14.7. The molecular formula is C19H24N4O. The summed E-state index contributed by atoms with van der Waals surface area (Å²) < 4.78 is 7.99. The molecule has 1 aliphatic rings. The summed E-state index contributed by atoms with van der Waals surface area (Å²) in [7, 11) is 1.92. The number of hydrogen-bond acceptors (Lipinski definition) is 4. The predicted octanol–water partition coefficient (Wildman–Crippen LogP) is 3.85. The molecule has 0 radical (unpaired) electrons. The van der Waals surface area contributed by atoms with Gasteiger partial charge in [0.05, 0.1) is 17.3 Å². The molecule has 24 heavy (non-hydrogen) atoms. The first-order valence-electron chi connectivity index (χ1n) is 8.68. The molecule has 0 aliphatic heterocycles. The summed E-state index contributed by atoms with van der Waals surface area (Å²) in [5.41, 5.74) is 1.61. The Labute approximate surface area is 143 Å². The van der Waals surface area contributed by atoms with Gasteiger partial charge in [0.2, 0.25) is 5.88 Å². The fourth-order valence-electron chi connectivity index (χ4n) is 3.28. The Kier molecular flexibility index (Phi) is 5.50. The predicted molar refractivity (Wildman–Crippen MR) is 92.8 cm³/mol. The molecule has 3 rings (SSSR count). The molecule has 1 aliphatic carbocycles. The molecule has 0 saturated heterocycles. The molecule has 5 heteroatoms. The van der Waals surface area contributed by atoms with Crippen LogP contribution >= 0.6 is 0 Å². The van der Waals surface area contributed by atoms with Crippen molar-refractivity contribution >= 4 is 0 Å². The zero-order valence-electron chi connectivity index (χ0n) is 14.2. The van der Waals surface area contributed by atoms with E-state index in [1.807, 2.05) is 29.9 Å². The van der Waals surface area contributed by atoms with Gasteiger partial charge in [-0.1, -0.05) is 25.7 Å². The average Bonchev–Trinajstić information content (AvgIpc) is 3.24. The van der Waals surface area contributed by atoms with Gasteiger partial charge in [0.25, 0.3) is 0 Å². The van der Waals surface area contributed by atoms with E-state index in [0.29, 0.717) is 5.56 Å². The van der Waals surface area contributed by atoms with Gasteiger partial charge in [-0.2, -0.15) is 10.4 Å². The second-order valence-corrected chi connectivity index (χ2v) is 6.40. The maximum absolute atomic E-state index is 8.89. The minimum absolute atomic E-state index is 0.632. The summed E-state index contributed by atoms with van der Waals surface area (Å²) in [6.45, 7) is 1.61. The van der Waals surface area contributed by atoms with E-state index in [0.717, 1.165) is 42.8 Å². The van der Waals surface area contributed by atoms with E-state index in [-0.39, 0.29) is 0 Å². The second kappa shape index (κ2) is 7.98. The Balaban J connectivity index is 1.72. The minimum Gasteiger partial charge on any atom is -0.439 e. The highest BCUT2D eigenvalue weighted by atomic mass is 16.5. The number of hydrogen-bond donors (Lipinski definition) is 1. The minimum atomic E-state index is 0.632. The van der Waals surface area contributed by atoms with E-state index in [1.54, 1.807) is 12.1 Å². The van der Waals surface area contributed by atoms with Crippen molar-refractivity contribution in [3.8, 4) is 17.7 Å². The Bertz CT molecular complexity index is 693. The first kappa shape index (κ1) is 16.5. The molecule has 1 saturated carbocycles. The van der Waals surface area contributed by atoms with Crippen molar-refractivity contribution in [2.45, 2.75) is 45.2 Å². The standard InChI is InChI=1S/C19H24N4O/c1-21-14-17-12-19(24-18-8-6-16(13-20)7-9-18)23(22-17)11-10-15-4-2-3-5-15/h6-9,12,15,21H,2-5,10-11,14H2,1H3. The number of rotatable bonds is 7. The number of nitrogens with one attached hydrogen (secondary N) is 1. The number of ether oxygens (including phenoxy) is 1. The topological polar surface area (TPSA) is 62.9 Å². The van der Waals surface area contributed by atoms with E-state index >= 15 is 0 Å². The van der Waals surface area contributed by atoms with Crippen LogP contribution in [0.4, 0.5) is 0 Å². The van der Waals surface area contributed by atoms with Crippen LogP contribution in [-0.4, -0.2) is 16.8 Å². The zero-order chi connectivity index (χ0) is 16.8. The molecule has 126 valence electrons. The zero-order valence-corrected chi connectivity index (χ0v) is 14.2. The SMILES string of the molecule is CNCc1cc(Oc2ccc(C#N)cc2)n(CCC2CCCC2)n1. The molecule has 1 heterocycles. The van der Waals surface area contributed by atoms with E-state index < -0.39 is 0 Å². The maximum atomic E-state index is 8.89. The first-order valence-corrected chi connectivity index (χ1v) is 8.68. The van der Waals surface area contributed by atoms with Gasteiger partial charge in [-0.05, 0) is 43.7 Å². The third-order valence-electron chi connectivity index (χ3n) is 4.58. The summed E-state index contributed by atoms with van der Waals surface area (Å²) in [6.07, 6.45) is 6.57. The van der Waals surface area contributed by atoms with E-state index in [9.17, 15) is 0 Å². The van der Waals surface area contributed by atoms with Gasteiger partial charge in [0.15, 0.2) is 0 Å². The van der Waals surface area contributed by atoms with Gasteiger partial charge in [-0.25, -0.2) is 4.68 Å². The lowest BCUT2D eigenvalue weighted by atomic mass is 10.0. The Morgan fingerprint density at radius 1 is 1.29 bits per heavy atom. The fraction of sp³-hybridized carbons (Fsp3) is 0.474. The highest BCUT2D eigenvalue weighted by Gasteiger charge is 2.17. The lowest BCUT2D eigenvalue weighted by Crippen LogP contribution is -2.09. The Morgan fingerprint density at radius 3 is 2.71 bits per heavy atom. The lowest BCUT2D eigenvalue weighted by molar-refractivity contribution is 0.377. The molecule has 1 aromatic heterocycles. The molecule has 0 spiro atoms. The van der Waals surface area contributed by atoms with Crippen LogP contribution in [0.15, 0.2) is 30.3 Å². The number of aromatic nitrogens is 2. The van der Waals surface area contributed by atoms with Crippen molar-refractivity contribution in [3.05, 3.63) is 41.6 Å². The highest BCUT2D eigenvalue weighted by molar-refractivity contribution is 5.36. The molecule has 5 nitrogen and oxygen atoms in total. The Hall–Kier alpha value is -2.32. The van der Waals surface area contributed by atoms with E-state index in [1.165, 1.54) is 25.7 Å². The van der Waals surface area contributed by atoms with Gasteiger partial charge in [-0.3, -0.25) is 0 Å². The lowest BCUT2D eigenvalue weighted by Gasteiger charge is -2.12. The molecule has 0 bridgehead atoms. The molecule has 1 aromatic carbocycles. The van der Waals surface area contributed by atoms with Gasteiger partial charge in [-0.15, -0.1) is 0 Å². The van der Waals surface area contributed by atoms with Crippen LogP contribution in [0.5, 0.6) is 11.6 Å². The smallest absolute Gasteiger partial charge is 0.218 e. The summed E-state index contributed by atoms with van der Waals surface area (Å²) >= 11 is 0. The monoisotopic (exact) mass is 324 g/mol. The molecule has 0 unspecified atom stereocenters. The van der Waals surface area contributed by atoms with Crippen LogP contribution in [0.3, 0.4) is 0 Å². The van der Waals surface area contributed by atoms with Crippen molar-refractivity contribution < 1.29 is 4.74 Å². The molecule has 1 N–H and O–H groups in total. The summed E-state index contributed by atoms with van der Waals surface area (Å²) in [5.74, 6) is 2.32. The van der Waals surface area contributed by atoms with Crippen LogP contribution in [0.25, 0.3) is 0 Å². The maximum Gasteiger partial charge on any atom is 0.218 e. The number of nitriles is 1. The number of aryl methyl sites for hydroxylation is 1. The fourth-order valence-corrected chi connectivity index (χ4v) is 3.28. The van der Waals surface area contributed by atoms with Gasteiger partial charge >= 0.3 is 0 Å². The third-order valence-corrected chi connectivity index (χ3v) is 4.58. The van der Waals surface area contributed by atoms with Crippen LogP contribution in [0.1, 0.15) is 43.4 Å². The van der Waals surface area contributed by atoms with E-state index in [2.05, 4.69) is 16.5 Å². The van der Waals surface area contributed by atoms with Crippen molar-refractivity contribution in [1.82, 2.24) is 15.1 Å². The molecule has 0 amide bonds. The number of nitrogens with zero attached hydrogens (tertiary/aromatic N) is 3. The first-order chi connectivity index (χ1) is 11.8. The molecule has 1 fully saturated rings. The van der Waals surface area contributed by atoms with Crippen molar-refractivity contribution in [1.29, 1.82) is 5.26 Å². The number of benzene rings is 1. The quantitative estimate of drug-likeness (QED) is 0.840. The molecule has 2 aromatic rings. The Morgan fingerprint density at radius 2 is 2.04 bits per heavy atom. The van der Waals surface area contributed by atoms with Crippen LogP contribution in [0, 0.1) is 17.2 Å². The van der Waals surface area contributed by atoms with E-state index in [4.69, 9.17) is 10.00 Å². The van der Waals surface area contributed by atoms with Gasteiger partial charge in [0.1, 0.15) is 5.75 Å². The van der Waals surface area contributed by atoms with Gasteiger partial charge in [0, 0.05) is 19.2 Å². The van der Waals surface area contributed by atoms with Crippen molar-refractivity contribution in [3.63, 3.8) is 0 Å². The second-order valence-electron chi connectivity index (χ2n) is 6.40. The van der Waals surface area contributed by atoms with Crippen molar-refractivity contribution in [2.75, 3.05) is 7.05 Å².